The van der Waals surface area contributed by atoms with Gasteiger partial charge in [0, 0.05) is 23.5 Å². The molecule has 1 heterocycles. The van der Waals surface area contributed by atoms with Crippen molar-refractivity contribution in [3.8, 4) is 0 Å². The minimum absolute atomic E-state index is 0.0193. The van der Waals surface area contributed by atoms with E-state index in [2.05, 4.69) is 26.9 Å². The monoisotopic (exact) mass is 430 g/mol. The average molecular weight is 431 g/mol. The number of benzene rings is 1. The van der Waals surface area contributed by atoms with Gasteiger partial charge in [0.05, 0.1) is 4.90 Å². The van der Waals surface area contributed by atoms with Gasteiger partial charge in [-0.1, -0.05) is 26.2 Å². The summed E-state index contributed by atoms with van der Waals surface area (Å²) in [6, 6.07) is 7.84. The number of nitrogens with zero attached hydrogens (tertiary/aromatic N) is 2. The molecule has 1 saturated carbocycles. The molecule has 0 spiro atoms. The zero-order valence-corrected chi connectivity index (χ0v) is 18.4. The second-order valence-corrected chi connectivity index (χ2v) is 9.68. The maximum Gasteiger partial charge on any atom is 0.264 e. The van der Waals surface area contributed by atoms with Crippen LogP contribution in [0.3, 0.4) is 0 Å². The molecule has 30 heavy (non-hydrogen) atoms. The van der Waals surface area contributed by atoms with Gasteiger partial charge in [-0.25, -0.2) is 23.1 Å². The van der Waals surface area contributed by atoms with Gasteiger partial charge in [-0.2, -0.15) is 0 Å². The third-order valence-corrected chi connectivity index (χ3v) is 6.98. The number of unbranched alkanes of at least 4 members (excludes halogenated alkanes) is 1. The van der Waals surface area contributed by atoms with E-state index in [1.165, 1.54) is 37.6 Å². The Bertz CT molecular complexity index is 953. The highest BCUT2D eigenvalue weighted by Gasteiger charge is 2.26. The number of carbonyl (C=O) groups is 1. The Balaban J connectivity index is 1.56. The van der Waals surface area contributed by atoms with E-state index < -0.39 is 10.0 Å². The fourth-order valence-corrected chi connectivity index (χ4v) is 4.80. The summed E-state index contributed by atoms with van der Waals surface area (Å²) in [6.45, 7) is 3.97. The highest BCUT2D eigenvalue weighted by Crippen LogP contribution is 2.32. The van der Waals surface area contributed by atoms with E-state index in [4.69, 9.17) is 0 Å². The summed E-state index contributed by atoms with van der Waals surface area (Å²) in [4.78, 5) is 20.6. The first-order chi connectivity index (χ1) is 14.4. The number of carbonyl (C=O) groups excluding carboxylic acids is 1. The van der Waals surface area contributed by atoms with Gasteiger partial charge < -0.3 is 5.32 Å². The molecule has 1 amide bonds. The minimum Gasteiger partial charge on any atom is -0.326 e. The smallest absolute Gasteiger partial charge is 0.264 e. The zero-order valence-electron chi connectivity index (χ0n) is 17.6. The summed E-state index contributed by atoms with van der Waals surface area (Å²) in [6.07, 6.45) is 9.32. The first-order valence-corrected chi connectivity index (χ1v) is 12.1. The Morgan fingerprint density at radius 2 is 1.80 bits per heavy atom. The number of rotatable bonds is 8. The van der Waals surface area contributed by atoms with Crippen molar-refractivity contribution >= 4 is 27.6 Å². The van der Waals surface area contributed by atoms with Gasteiger partial charge in [0.2, 0.25) is 11.9 Å². The number of sulfonamides is 1. The Hall–Kier alpha value is -2.48. The molecule has 7 nitrogen and oxygen atoms in total. The molecule has 0 unspecified atom stereocenters. The van der Waals surface area contributed by atoms with Gasteiger partial charge in [0.15, 0.2) is 0 Å². The van der Waals surface area contributed by atoms with Crippen LogP contribution in [-0.4, -0.2) is 24.3 Å². The van der Waals surface area contributed by atoms with E-state index in [-0.39, 0.29) is 22.7 Å². The Labute approximate surface area is 178 Å². The first-order valence-electron chi connectivity index (χ1n) is 10.6. The van der Waals surface area contributed by atoms with Crippen molar-refractivity contribution in [2.24, 2.45) is 11.8 Å². The summed E-state index contributed by atoms with van der Waals surface area (Å²) in [5, 5.41) is 2.93. The van der Waals surface area contributed by atoms with Gasteiger partial charge in [-0.3, -0.25) is 4.79 Å². The number of amides is 1. The lowest BCUT2D eigenvalue weighted by Crippen LogP contribution is -2.27. The van der Waals surface area contributed by atoms with E-state index in [0.29, 0.717) is 11.4 Å². The fraction of sp³-hybridized carbons (Fsp3) is 0.500. The van der Waals surface area contributed by atoms with Gasteiger partial charge in [-0.05, 0) is 68.9 Å². The van der Waals surface area contributed by atoms with Crippen molar-refractivity contribution in [2.45, 2.75) is 63.7 Å². The predicted molar refractivity (Wildman–Crippen MR) is 118 cm³/mol. The predicted octanol–water partition coefficient (Wildman–Crippen LogP) is 4.52. The maximum absolute atomic E-state index is 12.6. The molecule has 1 aromatic carbocycles. The van der Waals surface area contributed by atoms with E-state index in [1.807, 2.05) is 0 Å². The molecule has 1 aliphatic carbocycles. The summed E-state index contributed by atoms with van der Waals surface area (Å²) in [5.41, 5.74) is 1.26. The third kappa shape index (κ3) is 6.01. The second-order valence-electron chi connectivity index (χ2n) is 8.00. The molecule has 0 atom stereocenters. The van der Waals surface area contributed by atoms with Crippen LogP contribution in [0.4, 0.5) is 11.6 Å². The molecule has 1 aliphatic rings. The average Bonchev–Trinajstić information content (AvgIpc) is 2.72. The molecule has 162 valence electrons. The standard InChI is InChI=1S/C22H30N4O3S/c1-3-4-5-17-6-8-18(9-7-17)21(27)25-19-10-12-20(13-11-19)30(28,29)26-22-23-15-14-16(2)24-22/h10-15,17-18H,3-9H2,1-2H3,(H,25,27)(H,23,24,26). The molecular weight excluding hydrogens is 400 g/mol. The summed E-state index contributed by atoms with van der Waals surface area (Å²) in [7, 11) is -3.80. The molecular formula is C22H30N4O3S. The molecule has 0 saturated heterocycles. The first kappa shape index (κ1) is 22.2. The van der Waals surface area contributed by atoms with Gasteiger partial charge in [0.1, 0.15) is 0 Å². The number of aromatic nitrogens is 2. The van der Waals surface area contributed by atoms with E-state index in [0.717, 1.165) is 31.6 Å². The molecule has 2 aromatic rings. The van der Waals surface area contributed by atoms with Crippen molar-refractivity contribution in [3.05, 3.63) is 42.2 Å². The maximum atomic E-state index is 12.6. The van der Waals surface area contributed by atoms with Crippen LogP contribution in [0.15, 0.2) is 41.4 Å². The van der Waals surface area contributed by atoms with Crippen LogP contribution in [-0.2, 0) is 14.8 Å². The van der Waals surface area contributed by atoms with Crippen molar-refractivity contribution in [1.29, 1.82) is 0 Å². The molecule has 2 N–H and O–H groups in total. The van der Waals surface area contributed by atoms with E-state index >= 15 is 0 Å². The van der Waals surface area contributed by atoms with Crippen molar-refractivity contribution in [3.63, 3.8) is 0 Å². The number of anilines is 2. The highest BCUT2D eigenvalue weighted by molar-refractivity contribution is 7.92. The normalized spacial score (nSPS) is 19.3. The highest BCUT2D eigenvalue weighted by atomic mass is 32.2. The Morgan fingerprint density at radius 1 is 1.10 bits per heavy atom. The van der Waals surface area contributed by atoms with Crippen LogP contribution >= 0.6 is 0 Å². The van der Waals surface area contributed by atoms with Crippen LogP contribution in [0.1, 0.15) is 57.6 Å². The lowest BCUT2D eigenvalue weighted by molar-refractivity contribution is -0.121. The molecule has 0 aliphatic heterocycles. The Morgan fingerprint density at radius 3 is 2.43 bits per heavy atom. The minimum atomic E-state index is -3.80. The summed E-state index contributed by atoms with van der Waals surface area (Å²) >= 11 is 0. The molecule has 8 heteroatoms. The van der Waals surface area contributed by atoms with Crippen molar-refractivity contribution < 1.29 is 13.2 Å². The van der Waals surface area contributed by atoms with Gasteiger partial charge >= 0.3 is 0 Å². The summed E-state index contributed by atoms with van der Waals surface area (Å²) in [5.74, 6) is 0.836. The van der Waals surface area contributed by atoms with Crippen molar-refractivity contribution in [1.82, 2.24) is 9.97 Å². The Kier molecular flexibility index (Phi) is 7.42. The fourth-order valence-electron chi connectivity index (χ4n) is 3.85. The number of aryl methyl sites for hydroxylation is 1. The van der Waals surface area contributed by atoms with E-state index in [9.17, 15) is 13.2 Å². The topological polar surface area (TPSA) is 101 Å². The molecule has 1 aromatic heterocycles. The SMILES string of the molecule is CCCCC1CCC(C(=O)Nc2ccc(S(=O)(=O)Nc3nccc(C)n3)cc2)CC1. The molecule has 0 bridgehead atoms. The second kappa shape index (κ2) is 10.0. The van der Waals surface area contributed by atoms with Gasteiger partial charge in [-0.15, -0.1) is 0 Å². The van der Waals surface area contributed by atoms with Crippen LogP contribution in [0.25, 0.3) is 0 Å². The van der Waals surface area contributed by atoms with Crippen LogP contribution < -0.4 is 10.0 Å². The number of hydrogen-bond donors (Lipinski definition) is 2. The van der Waals surface area contributed by atoms with Gasteiger partial charge in [0.25, 0.3) is 10.0 Å². The summed E-state index contributed by atoms with van der Waals surface area (Å²) < 4.78 is 27.4. The zero-order chi connectivity index (χ0) is 21.6. The van der Waals surface area contributed by atoms with Crippen LogP contribution in [0, 0.1) is 18.8 Å². The van der Waals surface area contributed by atoms with Crippen LogP contribution in [0.5, 0.6) is 0 Å². The lowest BCUT2D eigenvalue weighted by Gasteiger charge is -2.27. The number of nitrogens with one attached hydrogen (secondary N) is 2. The molecule has 3 rings (SSSR count). The van der Waals surface area contributed by atoms with Crippen LogP contribution in [0.2, 0.25) is 0 Å². The largest absolute Gasteiger partial charge is 0.326 e. The lowest BCUT2D eigenvalue weighted by atomic mass is 9.79. The third-order valence-electron chi connectivity index (χ3n) is 5.64. The quantitative estimate of drug-likeness (QED) is 0.641. The molecule has 1 fully saturated rings. The van der Waals surface area contributed by atoms with E-state index in [1.54, 1.807) is 25.1 Å². The number of hydrogen-bond acceptors (Lipinski definition) is 5. The molecule has 0 radical (unpaired) electrons. The van der Waals surface area contributed by atoms with Crippen molar-refractivity contribution in [2.75, 3.05) is 10.0 Å².